The van der Waals surface area contributed by atoms with Gasteiger partial charge in [-0.2, -0.15) is 0 Å². The number of hydrogen-bond donors (Lipinski definition) is 2. The first kappa shape index (κ1) is 15.8. The molecule has 116 valence electrons. The Hall–Kier alpha value is -1.55. The van der Waals surface area contributed by atoms with Crippen molar-refractivity contribution in [2.24, 2.45) is 5.92 Å². The minimum atomic E-state index is 0.130. The number of ether oxygens (including phenoxy) is 1. The zero-order valence-corrected chi connectivity index (χ0v) is 13.2. The lowest BCUT2D eigenvalue weighted by Gasteiger charge is -2.30. The maximum atomic E-state index is 12.2. The Balaban J connectivity index is 1.89. The lowest BCUT2D eigenvalue weighted by molar-refractivity contribution is -0.122. The van der Waals surface area contributed by atoms with E-state index in [0.717, 1.165) is 30.8 Å². The summed E-state index contributed by atoms with van der Waals surface area (Å²) in [5.41, 5.74) is 1.14. The Morgan fingerprint density at radius 3 is 3.05 bits per heavy atom. The van der Waals surface area contributed by atoms with Crippen LogP contribution in [0.4, 0.5) is 0 Å². The highest BCUT2D eigenvalue weighted by atomic mass is 16.5. The predicted molar refractivity (Wildman–Crippen MR) is 84.6 cm³/mol. The van der Waals surface area contributed by atoms with Gasteiger partial charge in [-0.05, 0) is 42.5 Å². The Labute approximate surface area is 127 Å². The van der Waals surface area contributed by atoms with E-state index in [1.807, 2.05) is 24.3 Å². The second-order valence-electron chi connectivity index (χ2n) is 6.03. The molecular weight excluding hydrogens is 264 g/mol. The highest BCUT2D eigenvalue weighted by molar-refractivity contribution is 5.77. The molecule has 0 aliphatic carbocycles. The van der Waals surface area contributed by atoms with E-state index in [2.05, 4.69) is 24.5 Å². The van der Waals surface area contributed by atoms with Gasteiger partial charge in [-0.3, -0.25) is 4.79 Å². The molecule has 0 aromatic heterocycles. The van der Waals surface area contributed by atoms with Gasteiger partial charge in [-0.1, -0.05) is 26.0 Å². The van der Waals surface area contributed by atoms with Gasteiger partial charge in [0.2, 0.25) is 5.91 Å². The zero-order valence-electron chi connectivity index (χ0n) is 13.2. The highest BCUT2D eigenvalue weighted by Gasteiger charge is 2.23. The van der Waals surface area contributed by atoms with E-state index in [1.165, 1.54) is 0 Å². The lowest BCUT2D eigenvalue weighted by atomic mass is 9.93. The van der Waals surface area contributed by atoms with Gasteiger partial charge in [0.15, 0.2) is 0 Å². The molecule has 1 aromatic carbocycles. The molecular formula is C17H26N2O2. The van der Waals surface area contributed by atoms with Gasteiger partial charge in [0.25, 0.3) is 0 Å². The molecule has 4 heteroatoms. The third-order valence-electron chi connectivity index (χ3n) is 4.33. The van der Waals surface area contributed by atoms with Crippen LogP contribution in [-0.2, 0) is 4.79 Å². The van der Waals surface area contributed by atoms with Crippen LogP contribution in [0.1, 0.15) is 38.2 Å². The van der Waals surface area contributed by atoms with Crippen molar-refractivity contribution >= 4 is 5.91 Å². The van der Waals surface area contributed by atoms with E-state index in [0.29, 0.717) is 12.3 Å². The van der Waals surface area contributed by atoms with Gasteiger partial charge in [-0.25, -0.2) is 0 Å². The minimum absolute atomic E-state index is 0.130. The smallest absolute Gasteiger partial charge is 0.220 e. The highest BCUT2D eigenvalue weighted by Crippen LogP contribution is 2.23. The first-order valence-corrected chi connectivity index (χ1v) is 7.74. The van der Waals surface area contributed by atoms with Crippen LogP contribution in [0.15, 0.2) is 24.3 Å². The van der Waals surface area contributed by atoms with Crippen molar-refractivity contribution in [3.8, 4) is 5.75 Å². The van der Waals surface area contributed by atoms with E-state index >= 15 is 0 Å². The van der Waals surface area contributed by atoms with Crippen LogP contribution in [0.2, 0.25) is 0 Å². The molecule has 1 aliphatic heterocycles. The number of piperidine rings is 1. The van der Waals surface area contributed by atoms with E-state index in [1.54, 1.807) is 7.11 Å². The summed E-state index contributed by atoms with van der Waals surface area (Å²) in [5, 5.41) is 6.50. The van der Waals surface area contributed by atoms with E-state index < -0.39 is 0 Å². The summed E-state index contributed by atoms with van der Waals surface area (Å²) >= 11 is 0. The standard InChI is InChI=1S/C17H26N2O2/c1-12-7-8-18-11-16(12)19-17(20)9-13(2)14-5-4-6-15(10-14)21-3/h4-6,10,12-13,16,18H,7-9,11H2,1-3H3,(H,19,20). The van der Waals surface area contributed by atoms with E-state index in [4.69, 9.17) is 4.74 Å². The first-order valence-electron chi connectivity index (χ1n) is 7.74. The van der Waals surface area contributed by atoms with Gasteiger partial charge in [0.05, 0.1) is 7.11 Å². The van der Waals surface area contributed by atoms with Crippen molar-refractivity contribution in [1.29, 1.82) is 0 Å². The Bertz CT molecular complexity index is 476. The number of rotatable bonds is 5. The van der Waals surface area contributed by atoms with Crippen molar-refractivity contribution < 1.29 is 9.53 Å². The number of carbonyl (C=O) groups excluding carboxylic acids is 1. The summed E-state index contributed by atoms with van der Waals surface area (Å²) in [6.45, 7) is 6.21. The van der Waals surface area contributed by atoms with Crippen molar-refractivity contribution in [3.63, 3.8) is 0 Å². The average molecular weight is 290 g/mol. The molecule has 2 rings (SSSR count). The Kier molecular flexibility index (Phi) is 5.62. The van der Waals surface area contributed by atoms with Gasteiger partial charge in [0, 0.05) is 19.0 Å². The maximum Gasteiger partial charge on any atom is 0.220 e. The van der Waals surface area contributed by atoms with Crippen molar-refractivity contribution in [2.75, 3.05) is 20.2 Å². The zero-order chi connectivity index (χ0) is 15.2. The summed E-state index contributed by atoms with van der Waals surface area (Å²) in [6, 6.07) is 8.19. The molecule has 1 amide bonds. The monoisotopic (exact) mass is 290 g/mol. The third-order valence-corrected chi connectivity index (χ3v) is 4.33. The topological polar surface area (TPSA) is 50.4 Å². The molecule has 0 saturated carbocycles. The van der Waals surface area contributed by atoms with E-state index in [9.17, 15) is 4.79 Å². The van der Waals surface area contributed by atoms with Crippen LogP contribution in [0, 0.1) is 5.92 Å². The van der Waals surface area contributed by atoms with Crippen molar-refractivity contribution in [3.05, 3.63) is 29.8 Å². The summed E-state index contributed by atoms with van der Waals surface area (Å²) < 4.78 is 5.24. The summed E-state index contributed by atoms with van der Waals surface area (Å²) in [7, 11) is 1.66. The third kappa shape index (κ3) is 4.46. The lowest BCUT2D eigenvalue weighted by Crippen LogP contribution is -2.50. The molecule has 0 spiro atoms. The van der Waals surface area contributed by atoms with Gasteiger partial charge < -0.3 is 15.4 Å². The second-order valence-corrected chi connectivity index (χ2v) is 6.03. The van der Waals surface area contributed by atoms with Crippen LogP contribution in [0.5, 0.6) is 5.75 Å². The molecule has 2 N–H and O–H groups in total. The summed E-state index contributed by atoms with van der Waals surface area (Å²) in [6.07, 6.45) is 1.63. The predicted octanol–water partition coefficient (Wildman–Crippen LogP) is 2.30. The molecule has 1 aromatic rings. The minimum Gasteiger partial charge on any atom is -0.497 e. The number of nitrogens with one attached hydrogen (secondary N) is 2. The molecule has 3 atom stereocenters. The fraction of sp³-hybridized carbons (Fsp3) is 0.588. The molecule has 1 aliphatic rings. The van der Waals surface area contributed by atoms with Crippen molar-refractivity contribution in [2.45, 2.75) is 38.6 Å². The summed E-state index contributed by atoms with van der Waals surface area (Å²) in [5.74, 6) is 1.70. The molecule has 21 heavy (non-hydrogen) atoms. The normalized spacial score (nSPS) is 23.4. The van der Waals surface area contributed by atoms with E-state index in [-0.39, 0.29) is 17.9 Å². The SMILES string of the molecule is COc1cccc(C(C)CC(=O)NC2CNCCC2C)c1. The van der Waals surface area contributed by atoms with Crippen LogP contribution in [0.25, 0.3) is 0 Å². The fourth-order valence-electron chi connectivity index (χ4n) is 2.79. The maximum absolute atomic E-state index is 12.2. The second kappa shape index (κ2) is 7.46. The van der Waals surface area contributed by atoms with Gasteiger partial charge >= 0.3 is 0 Å². The number of amides is 1. The molecule has 0 bridgehead atoms. The number of methoxy groups -OCH3 is 1. The molecule has 1 heterocycles. The molecule has 1 fully saturated rings. The first-order chi connectivity index (χ1) is 10.1. The van der Waals surface area contributed by atoms with Crippen LogP contribution in [-0.4, -0.2) is 32.1 Å². The molecule has 0 radical (unpaired) electrons. The average Bonchev–Trinajstić information content (AvgIpc) is 2.49. The van der Waals surface area contributed by atoms with Crippen LogP contribution >= 0.6 is 0 Å². The van der Waals surface area contributed by atoms with Crippen LogP contribution < -0.4 is 15.4 Å². The van der Waals surface area contributed by atoms with Crippen molar-refractivity contribution in [1.82, 2.24) is 10.6 Å². The van der Waals surface area contributed by atoms with Gasteiger partial charge in [0.1, 0.15) is 5.75 Å². The van der Waals surface area contributed by atoms with Crippen LogP contribution in [0.3, 0.4) is 0 Å². The number of benzene rings is 1. The Morgan fingerprint density at radius 1 is 1.52 bits per heavy atom. The molecule has 1 saturated heterocycles. The number of carbonyl (C=O) groups is 1. The molecule has 3 unspecified atom stereocenters. The number of hydrogen-bond acceptors (Lipinski definition) is 3. The Morgan fingerprint density at radius 2 is 2.33 bits per heavy atom. The quantitative estimate of drug-likeness (QED) is 0.875. The van der Waals surface area contributed by atoms with Gasteiger partial charge in [-0.15, -0.1) is 0 Å². The molecule has 4 nitrogen and oxygen atoms in total. The summed E-state index contributed by atoms with van der Waals surface area (Å²) in [4.78, 5) is 12.2. The fourth-order valence-corrected chi connectivity index (χ4v) is 2.79. The largest absolute Gasteiger partial charge is 0.497 e.